The summed E-state index contributed by atoms with van der Waals surface area (Å²) in [7, 11) is 0. The van der Waals surface area contributed by atoms with E-state index in [1.54, 1.807) is 0 Å². The van der Waals surface area contributed by atoms with Crippen molar-refractivity contribution in [3.63, 3.8) is 0 Å². The van der Waals surface area contributed by atoms with E-state index in [-0.39, 0.29) is 0 Å². The number of anilines is 1. The Morgan fingerprint density at radius 2 is 1.76 bits per heavy atom. The van der Waals surface area contributed by atoms with Gasteiger partial charge in [-0.3, -0.25) is 0 Å². The number of aliphatic hydroxyl groups excluding tert-OH is 1. The molecular weight excluding hydrogens is 401 g/mol. The summed E-state index contributed by atoms with van der Waals surface area (Å²) in [6.07, 6.45) is -0.545. The molecule has 5 heteroatoms. The fourth-order valence-corrected chi connectivity index (χ4v) is 2.24. The first kappa shape index (κ1) is 16.5. The van der Waals surface area contributed by atoms with E-state index in [4.69, 9.17) is 16.3 Å². The summed E-state index contributed by atoms with van der Waals surface area (Å²) < 4.78 is 6.68. The van der Waals surface area contributed by atoms with Gasteiger partial charge in [0.05, 0.1) is 19.3 Å². The van der Waals surface area contributed by atoms with E-state index in [9.17, 15) is 5.11 Å². The average molecular weight is 418 g/mol. The van der Waals surface area contributed by atoms with Gasteiger partial charge in [-0.1, -0.05) is 23.7 Å². The minimum Gasteiger partial charge on any atom is -0.389 e. The van der Waals surface area contributed by atoms with Gasteiger partial charge < -0.3 is 15.2 Å². The Morgan fingerprint density at radius 3 is 2.43 bits per heavy atom. The number of nitrogens with one attached hydrogen (secondary N) is 1. The molecule has 0 bridgehead atoms. The maximum absolute atomic E-state index is 9.88. The summed E-state index contributed by atoms with van der Waals surface area (Å²) in [6.45, 7) is 1.22. The standard InChI is InChI=1S/C16H17ClINO2/c17-13-3-1-12(2-4-13)10-21-11-16(20)9-19-15-7-5-14(18)6-8-15/h1-8,16,19-20H,9-11H2. The monoisotopic (exact) mass is 417 g/mol. The molecule has 0 aromatic heterocycles. The van der Waals surface area contributed by atoms with Crippen molar-refractivity contribution in [3.8, 4) is 0 Å². The molecule has 21 heavy (non-hydrogen) atoms. The SMILES string of the molecule is OC(CNc1ccc(I)cc1)COCc1ccc(Cl)cc1. The molecule has 1 unspecified atom stereocenters. The highest BCUT2D eigenvalue weighted by molar-refractivity contribution is 14.1. The quantitative estimate of drug-likeness (QED) is 0.671. The van der Waals surface area contributed by atoms with Gasteiger partial charge in [0.25, 0.3) is 0 Å². The van der Waals surface area contributed by atoms with Crippen LogP contribution in [0.2, 0.25) is 5.02 Å². The summed E-state index contributed by atoms with van der Waals surface area (Å²) in [4.78, 5) is 0. The van der Waals surface area contributed by atoms with Gasteiger partial charge in [0.1, 0.15) is 0 Å². The summed E-state index contributed by atoms with van der Waals surface area (Å²) in [5.41, 5.74) is 2.03. The van der Waals surface area contributed by atoms with E-state index in [0.29, 0.717) is 24.8 Å². The van der Waals surface area contributed by atoms with Crippen molar-refractivity contribution in [2.24, 2.45) is 0 Å². The lowest BCUT2D eigenvalue weighted by Gasteiger charge is -2.13. The molecule has 2 aromatic carbocycles. The topological polar surface area (TPSA) is 41.5 Å². The number of hydrogen-bond acceptors (Lipinski definition) is 3. The normalized spacial score (nSPS) is 12.1. The Bertz CT molecular complexity index is 545. The second-order valence-electron chi connectivity index (χ2n) is 4.68. The van der Waals surface area contributed by atoms with Crippen molar-refractivity contribution >= 4 is 39.9 Å². The van der Waals surface area contributed by atoms with Crippen LogP contribution in [0.5, 0.6) is 0 Å². The maximum Gasteiger partial charge on any atom is 0.0945 e. The zero-order valence-electron chi connectivity index (χ0n) is 11.4. The van der Waals surface area contributed by atoms with Crippen LogP contribution in [0.15, 0.2) is 48.5 Å². The predicted molar refractivity (Wildman–Crippen MR) is 94.8 cm³/mol. The van der Waals surface area contributed by atoms with Gasteiger partial charge in [0, 0.05) is 20.8 Å². The number of hydrogen-bond donors (Lipinski definition) is 2. The van der Waals surface area contributed by atoms with Crippen molar-refractivity contribution < 1.29 is 9.84 Å². The van der Waals surface area contributed by atoms with Crippen LogP contribution in [0, 0.1) is 3.57 Å². The van der Waals surface area contributed by atoms with Crippen molar-refractivity contribution in [1.82, 2.24) is 0 Å². The minimum atomic E-state index is -0.545. The van der Waals surface area contributed by atoms with Crippen LogP contribution in [0.4, 0.5) is 5.69 Å². The van der Waals surface area contributed by atoms with Crippen molar-refractivity contribution in [1.29, 1.82) is 0 Å². The second kappa shape index (κ2) is 8.58. The van der Waals surface area contributed by atoms with Crippen LogP contribution in [0.3, 0.4) is 0 Å². The van der Waals surface area contributed by atoms with Gasteiger partial charge in [-0.15, -0.1) is 0 Å². The van der Waals surface area contributed by atoms with E-state index >= 15 is 0 Å². The highest BCUT2D eigenvalue weighted by Crippen LogP contribution is 2.12. The molecule has 0 fully saturated rings. The molecule has 1 atom stereocenters. The Kier molecular flexibility index (Phi) is 6.76. The molecule has 0 aliphatic heterocycles. The van der Waals surface area contributed by atoms with Gasteiger partial charge in [-0.25, -0.2) is 0 Å². The summed E-state index contributed by atoms with van der Waals surface area (Å²) in [5.74, 6) is 0. The summed E-state index contributed by atoms with van der Waals surface area (Å²) >= 11 is 8.07. The lowest BCUT2D eigenvalue weighted by molar-refractivity contribution is 0.0348. The van der Waals surface area contributed by atoms with E-state index < -0.39 is 6.10 Å². The van der Waals surface area contributed by atoms with E-state index in [1.165, 1.54) is 3.57 Å². The average Bonchev–Trinajstić information content (AvgIpc) is 2.49. The highest BCUT2D eigenvalue weighted by Gasteiger charge is 2.04. The molecular formula is C16H17ClINO2. The molecule has 0 amide bonds. The number of ether oxygens (including phenoxy) is 1. The molecule has 0 aliphatic rings. The third kappa shape index (κ3) is 6.22. The number of halogens is 2. The third-order valence-corrected chi connectivity index (χ3v) is 3.85. The Morgan fingerprint density at radius 1 is 1.10 bits per heavy atom. The molecule has 0 aliphatic carbocycles. The van der Waals surface area contributed by atoms with Crippen molar-refractivity contribution in [2.45, 2.75) is 12.7 Å². The second-order valence-corrected chi connectivity index (χ2v) is 6.37. The fraction of sp³-hybridized carbons (Fsp3) is 0.250. The first-order valence-electron chi connectivity index (χ1n) is 6.63. The zero-order chi connectivity index (χ0) is 15.1. The number of aliphatic hydroxyl groups is 1. The smallest absolute Gasteiger partial charge is 0.0945 e. The fourth-order valence-electron chi connectivity index (χ4n) is 1.76. The minimum absolute atomic E-state index is 0.292. The molecule has 3 nitrogen and oxygen atoms in total. The van der Waals surface area contributed by atoms with Crippen LogP contribution >= 0.6 is 34.2 Å². The van der Waals surface area contributed by atoms with E-state index in [2.05, 4.69) is 27.9 Å². The van der Waals surface area contributed by atoms with E-state index in [1.807, 2.05) is 48.5 Å². The van der Waals surface area contributed by atoms with Gasteiger partial charge >= 0.3 is 0 Å². The Balaban J connectivity index is 1.66. The zero-order valence-corrected chi connectivity index (χ0v) is 14.3. The lowest BCUT2D eigenvalue weighted by atomic mass is 10.2. The molecule has 2 N–H and O–H groups in total. The number of rotatable bonds is 7. The van der Waals surface area contributed by atoms with Gasteiger partial charge in [0.2, 0.25) is 0 Å². The molecule has 0 radical (unpaired) electrons. The van der Waals surface area contributed by atoms with Crippen LogP contribution in [0.1, 0.15) is 5.56 Å². The first-order chi connectivity index (χ1) is 10.1. The predicted octanol–water partition coefficient (Wildman–Crippen LogP) is 3.93. The van der Waals surface area contributed by atoms with Crippen LogP contribution in [0.25, 0.3) is 0 Å². The van der Waals surface area contributed by atoms with Crippen LogP contribution in [-0.2, 0) is 11.3 Å². The third-order valence-electron chi connectivity index (χ3n) is 2.88. The van der Waals surface area contributed by atoms with Crippen LogP contribution in [-0.4, -0.2) is 24.4 Å². The molecule has 0 saturated heterocycles. The lowest BCUT2D eigenvalue weighted by Crippen LogP contribution is -2.24. The molecule has 2 aromatic rings. The van der Waals surface area contributed by atoms with Crippen LogP contribution < -0.4 is 5.32 Å². The Hall–Kier alpha value is -0.820. The van der Waals surface area contributed by atoms with Gasteiger partial charge in [0.15, 0.2) is 0 Å². The largest absolute Gasteiger partial charge is 0.389 e. The van der Waals surface area contributed by atoms with E-state index in [0.717, 1.165) is 11.3 Å². The molecule has 112 valence electrons. The Labute approximate surface area is 143 Å². The first-order valence-corrected chi connectivity index (χ1v) is 8.09. The molecule has 0 saturated carbocycles. The van der Waals surface area contributed by atoms with Gasteiger partial charge in [-0.2, -0.15) is 0 Å². The molecule has 0 heterocycles. The highest BCUT2D eigenvalue weighted by atomic mass is 127. The molecule has 2 rings (SSSR count). The van der Waals surface area contributed by atoms with Crippen molar-refractivity contribution in [2.75, 3.05) is 18.5 Å². The van der Waals surface area contributed by atoms with Gasteiger partial charge in [-0.05, 0) is 64.6 Å². The maximum atomic E-state index is 9.88. The number of benzene rings is 2. The summed E-state index contributed by atoms with van der Waals surface area (Å²) in [6, 6.07) is 15.5. The van der Waals surface area contributed by atoms with Crippen molar-refractivity contribution in [3.05, 3.63) is 62.7 Å². The summed E-state index contributed by atoms with van der Waals surface area (Å²) in [5, 5.41) is 13.8. The molecule has 0 spiro atoms.